The fourth-order valence-electron chi connectivity index (χ4n) is 1.56. The van der Waals surface area contributed by atoms with Crippen LogP contribution >= 0.6 is 11.6 Å². The zero-order valence-corrected chi connectivity index (χ0v) is 8.78. The van der Waals surface area contributed by atoms with Crippen LogP contribution in [0.4, 0.5) is 0 Å². The van der Waals surface area contributed by atoms with Crippen LogP contribution in [-0.4, -0.2) is 16.7 Å². The van der Waals surface area contributed by atoms with Gasteiger partial charge in [-0.05, 0) is 29.8 Å². The molecule has 0 bridgehead atoms. The van der Waals surface area contributed by atoms with Crippen molar-refractivity contribution in [3.8, 4) is 0 Å². The van der Waals surface area contributed by atoms with E-state index in [1.54, 1.807) is 18.3 Å². The van der Waals surface area contributed by atoms with E-state index in [2.05, 4.69) is 4.98 Å². The minimum absolute atomic E-state index is 0.0916. The molecular formula is C11H11ClN2O. The van der Waals surface area contributed by atoms with Gasteiger partial charge in [0.05, 0.1) is 18.2 Å². The summed E-state index contributed by atoms with van der Waals surface area (Å²) in [4.78, 5) is 4.20. The molecule has 78 valence electrons. The number of benzene rings is 1. The summed E-state index contributed by atoms with van der Waals surface area (Å²) in [5.74, 6) is 0. The number of rotatable bonds is 2. The molecule has 0 saturated heterocycles. The summed E-state index contributed by atoms with van der Waals surface area (Å²) in [6, 6.07) is 6.85. The Morgan fingerprint density at radius 1 is 1.40 bits per heavy atom. The first-order valence-electron chi connectivity index (χ1n) is 4.63. The molecule has 0 aliphatic carbocycles. The largest absolute Gasteiger partial charge is 0.394 e. The Kier molecular flexibility index (Phi) is 2.86. The predicted molar refractivity (Wildman–Crippen MR) is 60.8 cm³/mol. The van der Waals surface area contributed by atoms with Crippen molar-refractivity contribution in [1.82, 2.24) is 4.98 Å². The molecule has 0 spiro atoms. The van der Waals surface area contributed by atoms with Crippen molar-refractivity contribution in [3.63, 3.8) is 0 Å². The molecule has 15 heavy (non-hydrogen) atoms. The van der Waals surface area contributed by atoms with Crippen LogP contribution in [0.2, 0.25) is 5.02 Å². The van der Waals surface area contributed by atoms with E-state index in [4.69, 9.17) is 22.4 Å². The van der Waals surface area contributed by atoms with Gasteiger partial charge in [-0.25, -0.2) is 0 Å². The highest BCUT2D eigenvalue weighted by molar-refractivity contribution is 6.31. The molecule has 1 atom stereocenters. The van der Waals surface area contributed by atoms with Gasteiger partial charge < -0.3 is 10.8 Å². The molecular weight excluding hydrogens is 212 g/mol. The van der Waals surface area contributed by atoms with Gasteiger partial charge in [0.15, 0.2) is 0 Å². The standard InChI is InChI=1S/C11H11ClN2O/c12-7-1-2-11-9(5-7)8(3-4-14-11)10(13)6-15/h1-5,10,15H,6,13H2/t10-/m0/s1. The monoisotopic (exact) mass is 222 g/mol. The Balaban J connectivity index is 2.68. The molecule has 0 fully saturated rings. The van der Waals surface area contributed by atoms with Crippen LogP contribution < -0.4 is 5.73 Å². The number of fused-ring (bicyclic) bond motifs is 1. The Labute approximate surface area is 92.5 Å². The normalized spacial score (nSPS) is 13.0. The van der Waals surface area contributed by atoms with E-state index in [9.17, 15) is 0 Å². The van der Waals surface area contributed by atoms with Gasteiger partial charge in [-0.3, -0.25) is 4.98 Å². The smallest absolute Gasteiger partial charge is 0.0706 e. The second-order valence-corrected chi connectivity index (χ2v) is 3.79. The van der Waals surface area contributed by atoms with E-state index in [0.717, 1.165) is 16.5 Å². The SMILES string of the molecule is N[C@@H](CO)c1ccnc2ccc(Cl)cc12. The third-order valence-corrected chi connectivity index (χ3v) is 2.57. The first-order chi connectivity index (χ1) is 7.22. The van der Waals surface area contributed by atoms with Crippen LogP contribution in [0.15, 0.2) is 30.5 Å². The fraction of sp³-hybridized carbons (Fsp3) is 0.182. The number of pyridine rings is 1. The molecule has 0 aliphatic rings. The number of nitrogens with zero attached hydrogens (tertiary/aromatic N) is 1. The summed E-state index contributed by atoms with van der Waals surface area (Å²) in [7, 11) is 0. The van der Waals surface area contributed by atoms with E-state index in [1.165, 1.54) is 0 Å². The maximum Gasteiger partial charge on any atom is 0.0706 e. The molecule has 3 nitrogen and oxygen atoms in total. The second kappa shape index (κ2) is 4.14. The second-order valence-electron chi connectivity index (χ2n) is 3.35. The molecule has 0 aliphatic heterocycles. The van der Waals surface area contributed by atoms with Gasteiger partial charge in [0.25, 0.3) is 0 Å². The maximum absolute atomic E-state index is 9.04. The summed E-state index contributed by atoms with van der Waals surface area (Å²) in [6.07, 6.45) is 1.68. The summed E-state index contributed by atoms with van der Waals surface area (Å²) in [5.41, 5.74) is 7.49. The van der Waals surface area contributed by atoms with Crippen molar-refractivity contribution >= 4 is 22.5 Å². The highest BCUT2D eigenvalue weighted by Crippen LogP contribution is 2.24. The van der Waals surface area contributed by atoms with E-state index >= 15 is 0 Å². The highest BCUT2D eigenvalue weighted by Gasteiger charge is 2.09. The molecule has 1 aromatic carbocycles. The van der Waals surface area contributed by atoms with Crippen molar-refractivity contribution < 1.29 is 5.11 Å². The molecule has 0 radical (unpaired) electrons. The summed E-state index contributed by atoms with van der Waals surface area (Å²) in [5, 5.41) is 10.6. The molecule has 3 N–H and O–H groups in total. The van der Waals surface area contributed by atoms with Crippen molar-refractivity contribution in [2.45, 2.75) is 6.04 Å². The Bertz CT molecular complexity index is 487. The minimum atomic E-state index is -0.394. The van der Waals surface area contributed by atoms with Crippen LogP contribution in [-0.2, 0) is 0 Å². The first-order valence-corrected chi connectivity index (χ1v) is 5.01. The first kappa shape index (κ1) is 10.4. The fourth-order valence-corrected chi connectivity index (χ4v) is 1.73. The van der Waals surface area contributed by atoms with Crippen molar-refractivity contribution in [2.75, 3.05) is 6.61 Å². The van der Waals surface area contributed by atoms with Crippen molar-refractivity contribution in [3.05, 3.63) is 41.0 Å². The number of aromatic nitrogens is 1. The number of aliphatic hydroxyl groups excluding tert-OH is 1. The lowest BCUT2D eigenvalue weighted by molar-refractivity contribution is 0.268. The Morgan fingerprint density at radius 3 is 2.93 bits per heavy atom. The zero-order chi connectivity index (χ0) is 10.8. The van der Waals surface area contributed by atoms with Gasteiger partial charge in [0.2, 0.25) is 0 Å². The van der Waals surface area contributed by atoms with Crippen molar-refractivity contribution in [2.24, 2.45) is 5.73 Å². The van der Waals surface area contributed by atoms with Crippen molar-refractivity contribution in [1.29, 1.82) is 0 Å². The van der Waals surface area contributed by atoms with E-state index in [0.29, 0.717) is 5.02 Å². The van der Waals surface area contributed by atoms with E-state index in [1.807, 2.05) is 12.1 Å². The van der Waals surface area contributed by atoms with Crippen LogP contribution in [0.25, 0.3) is 10.9 Å². The molecule has 1 heterocycles. The number of halogens is 1. The number of nitrogens with two attached hydrogens (primary N) is 1. The molecule has 0 unspecified atom stereocenters. The van der Waals surface area contributed by atoms with Crippen LogP contribution in [0.1, 0.15) is 11.6 Å². The zero-order valence-electron chi connectivity index (χ0n) is 8.02. The lowest BCUT2D eigenvalue weighted by Crippen LogP contribution is -2.14. The third-order valence-electron chi connectivity index (χ3n) is 2.33. The van der Waals surface area contributed by atoms with Gasteiger partial charge >= 0.3 is 0 Å². The molecule has 2 rings (SSSR count). The summed E-state index contributed by atoms with van der Waals surface area (Å²) in [6.45, 7) is -0.0916. The lowest BCUT2D eigenvalue weighted by atomic mass is 10.0. The van der Waals surface area contributed by atoms with Crippen LogP contribution in [0.5, 0.6) is 0 Å². The molecule has 0 amide bonds. The predicted octanol–water partition coefficient (Wildman–Crippen LogP) is 1.88. The maximum atomic E-state index is 9.04. The van der Waals surface area contributed by atoms with E-state index < -0.39 is 6.04 Å². The molecule has 2 aromatic rings. The Hall–Kier alpha value is -1.16. The summed E-state index contributed by atoms with van der Waals surface area (Å²) < 4.78 is 0. The minimum Gasteiger partial charge on any atom is -0.394 e. The number of hydrogen-bond acceptors (Lipinski definition) is 3. The average molecular weight is 223 g/mol. The van der Waals surface area contributed by atoms with Gasteiger partial charge in [0, 0.05) is 16.6 Å². The molecule has 0 saturated carbocycles. The van der Waals surface area contributed by atoms with Crippen LogP contribution in [0, 0.1) is 0 Å². The number of aliphatic hydroxyl groups is 1. The van der Waals surface area contributed by atoms with Gasteiger partial charge in [0.1, 0.15) is 0 Å². The lowest BCUT2D eigenvalue weighted by Gasteiger charge is -2.11. The quantitative estimate of drug-likeness (QED) is 0.816. The third kappa shape index (κ3) is 1.95. The average Bonchev–Trinajstić information content (AvgIpc) is 2.27. The van der Waals surface area contributed by atoms with Crippen LogP contribution in [0.3, 0.4) is 0 Å². The number of hydrogen-bond donors (Lipinski definition) is 2. The highest BCUT2D eigenvalue weighted by atomic mass is 35.5. The Morgan fingerprint density at radius 2 is 2.20 bits per heavy atom. The van der Waals surface area contributed by atoms with Gasteiger partial charge in [-0.2, -0.15) is 0 Å². The molecule has 1 aromatic heterocycles. The van der Waals surface area contributed by atoms with Gasteiger partial charge in [-0.15, -0.1) is 0 Å². The topological polar surface area (TPSA) is 59.1 Å². The summed E-state index contributed by atoms with van der Waals surface area (Å²) >= 11 is 5.91. The molecule has 4 heteroatoms. The van der Waals surface area contributed by atoms with E-state index in [-0.39, 0.29) is 6.61 Å². The van der Waals surface area contributed by atoms with Gasteiger partial charge in [-0.1, -0.05) is 11.6 Å².